The molecule has 6 heteroatoms. The highest BCUT2D eigenvalue weighted by Gasteiger charge is 2.28. The smallest absolute Gasteiger partial charge is 0.261 e. The standard InChI is InChI=1S/C23H29FN2O3/c1-4-21(23(28)25-14-17(2)3)26(15-18-8-6-5-7-9-18)22(27)16-29-20-12-10-19(24)11-13-20/h5-13,17,21H,4,14-16H2,1-3H3,(H,25,28)/t21-/m1/s1. The quantitative estimate of drug-likeness (QED) is 0.660. The summed E-state index contributed by atoms with van der Waals surface area (Å²) in [6.45, 7) is 6.54. The average Bonchev–Trinajstić information content (AvgIpc) is 2.72. The molecule has 0 unspecified atom stereocenters. The number of nitrogens with one attached hydrogen (secondary N) is 1. The van der Waals surface area contributed by atoms with E-state index in [1.807, 2.05) is 51.1 Å². The van der Waals surface area contributed by atoms with Crippen molar-refractivity contribution >= 4 is 11.8 Å². The summed E-state index contributed by atoms with van der Waals surface area (Å²) in [5.41, 5.74) is 0.928. The molecular weight excluding hydrogens is 371 g/mol. The molecule has 2 rings (SSSR count). The minimum Gasteiger partial charge on any atom is -0.484 e. The number of nitrogens with zero attached hydrogens (tertiary/aromatic N) is 1. The van der Waals surface area contributed by atoms with Gasteiger partial charge in [0.15, 0.2) is 6.61 Å². The molecule has 29 heavy (non-hydrogen) atoms. The van der Waals surface area contributed by atoms with Gasteiger partial charge in [-0.05, 0) is 42.2 Å². The van der Waals surface area contributed by atoms with Gasteiger partial charge in [-0.2, -0.15) is 0 Å². The highest BCUT2D eigenvalue weighted by atomic mass is 19.1. The fraction of sp³-hybridized carbons (Fsp3) is 0.391. The number of amides is 2. The fourth-order valence-electron chi connectivity index (χ4n) is 2.88. The zero-order valence-corrected chi connectivity index (χ0v) is 17.2. The summed E-state index contributed by atoms with van der Waals surface area (Å²) in [6.07, 6.45) is 0.485. The van der Waals surface area contributed by atoms with Gasteiger partial charge >= 0.3 is 0 Å². The van der Waals surface area contributed by atoms with Gasteiger partial charge in [-0.25, -0.2) is 4.39 Å². The van der Waals surface area contributed by atoms with E-state index in [1.54, 1.807) is 4.90 Å². The van der Waals surface area contributed by atoms with Crippen LogP contribution in [0, 0.1) is 11.7 Å². The van der Waals surface area contributed by atoms with Gasteiger partial charge in [0.25, 0.3) is 5.91 Å². The number of carbonyl (C=O) groups excluding carboxylic acids is 2. The van der Waals surface area contributed by atoms with E-state index in [-0.39, 0.29) is 24.2 Å². The maximum absolute atomic E-state index is 13.1. The summed E-state index contributed by atoms with van der Waals surface area (Å²) >= 11 is 0. The van der Waals surface area contributed by atoms with Crippen LogP contribution in [-0.2, 0) is 16.1 Å². The van der Waals surface area contributed by atoms with E-state index in [1.165, 1.54) is 24.3 Å². The van der Waals surface area contributed by atoms with Gasteiger partial charge in [-0.15, -0.1) is 0 Å². The number of hydrogen-bond acceptors (Lipinski definition) is 3. The molecule has 0 saturated carbocycles. The van der Waals surface area contributed by atoms with Crippen LogP contribution in [0.5, 0.6) is 5.75 Å². The van der Waals surface area contributed by atoms with E-state index in [0.717, 1.165) is 5.56 Å². The van der Waals surface area contributed by atoms with Crippen molar-refractivity contribution < 1.29 is 18.7 Å². The fourth-order valence-corrected chi connectivity index (χ4v) is 2.88. The van der Waals surface area contributed by atoms with Gasteiger partial charge in [0.2, 0.25) is 5.91 Å². The molecule has 0 spiro atoms. The Kier molecular flexibility index (Phi) is 8.65. The summed E-state index contributed by atoms with van der Waals surface area (Å²) in [4.78, 5) is 27.3. The molecule has 0 bridgehead atoms. The Balaban J connectivity index is 2.14. The summed E-state index contributed by atoms with van der Waals surface area (Å²) < 4.78 is 18.6. The van der Waals surface area contributed by atoms with Gasteiger partial charge in [0.05, 0.1) is 0 Å². The Morgan fingerprint density at radius 1 is 1.07 bits per heavy atom. The second kappa shape index (κ2) is 11.2. The Morgan fingerprint density at radius 2 is 1.72 bits per heavy atom. The van der Waals surface area contributed by atoms with Crippen LogP contribution >= 0.6 is 0 Å². The first-order valence-corrected chi connectivity index (χ1v) is 9.90. The first-order valence-electron chi connectivity index (χ1n) is 9.90. The molecule has 2 aromatic carbocycles. The number of halogens is 1. The van der Waals surface area contributed by atoms with Crippen LogP contribution < -0.4 is 10.1 Å². The Morgan fingerprint density at radius 3 is 2.31 bits per heavy atom. The molecule has 5 nitrogen and oxygen atoms in total. The molecular formula is C23H29FN2O3. The molecule has 0 radical (unpaired) electrons. The SMILES string of the molecule is CC[C@H](C(=O)NCC(C)C)N(Cc1ccccc1)C(=O)COc1ccc(F)cc1. The molecule has 0 aliphatic rings. The summed E-state index contributed by atoms with van der Waals surface area (Å²) in [5.74, 6) is -0.132. The first kappa shape index (κ1) is 22.4. The molecule has 1 atom stereocenters. The lowest BCUT2D eigenvalue weighted by atomic mass is 10.1. The molecule has 2 amide bonds. The number of rotatable bonds is 10. The lowest BCUT2D eigenvalue weighted by molar-refractivity contribution is -0.143. The lowest BCUT2D eigenvalue weighted by Gasteiger charge is -2.30. The highest BCUT2D eigenvalue weighted by Crippen LogP contribution is 2.15. The molecule has 0 heterocycles. The minimum atomic E-state index is -0.599. The van der Waals surface area contributed by atoms with E-state index >= 15 is 0 Å². The normalized spacial score (nSPS) is 11.8. The highest BCUT2D eigenvalue weighted by molar-refractivity contribution is 5.88. The van der Waals surface area contributed by atoms with E-state index in [4.69, 9.17) is 4.74 Å². The number of carbonyl (C=O) groups is 2. The largest absolute Gasteiger partial charge is 0.484 e. The van der Waals surface area contributed by atoms with Crippen LogP contribution in [0.25, 0.3) is 0 Å². The molecule has 2 aromatic rings. The van der Waals surface area contributed by atoms with Crippen LogP contribution in [0.3, 0.4) is 0 Å². The Hall–Kier alpha value is -2.89. The molecule has 0 aliphatic heterocycles. The Bertz CT molecular complexity index is 778. The van der Waals surface area contributed by atoms with E-state index < -0.39 is 6.04 Å². The summed E-state index contributed by atoms with van der Waals surface area (Å²) in [5, 5.41) is 2.92. The number of ether oxygens (including phenoxy) is 1. The third-order valence-electron chi connectivity index (χ3n) is 4.44. The maximum Gasteiger partial charge on any atom is 0.261 e. The molecule has 0 aromatic heterocycles. The molecule has 0 saturated heterocycles. The lowest BCUT2D eigenvalue weighted by Crippen LogP contribution is -2.50. The van der Waals surface area contributed by atoms with E-state index in [2.05, 4.69) is 5.32 Å². The zero-order chi connectivity index (χ0) is 21.2. The van der Waals surface area contributed by atoms with Gasteiger partial charge in [0, 0.05) is 13.1 Å². The van der Waals surface area contributed by atoms with Crippen molar-refractivity contribution in [2.45, 2.75) is 39.8 Å². The van der Waals surface area contributed by atoms with Gasteiger partial charge < -0.3 is 15.0 Å². The van der Waals surface area contributed by atoms with Gasteiger partial charge in [-0.1, -0.05) is 51.1 Å². The van der Waals surface area contributed by atoms with E-state index in [0.29, 0.717) is 31.2 Å². The predicted molar refractivity (Wildman–Crippen MR) is 111 cm³/mol. The van der Waals surface area contributed by atoms with Crippen molar-refractivity contribution in [2.75, 3.05) is 13.2 Å². The molecule has 0 fully saturated rings. The van der Waals surface area contributed by atoms with Crippen LogP contribution in [0.1, 0.15) is 32.8 Å². The molecule has 156 valence electrons. The third-order valence-corrected chi connectivity index (χ3v) is 4.44. The number of benzene rings is 2. The summed E-state index contributed by atoms with van der Waals surface area (Å²) in [7, 11) is 0. The Labute approximate surface area is 171 Å². The van der Waals surface area contributed by atoms with E-state index in [9.17, 15) is 14.0 Å². The van der Waals surface area contributed by atoms with Crippen molar-refractivity contribution in [2.24, 2.45) is 5.92 Å². The van der Waals surface area contributed by atoms with Gasteiger partial charge in [0.1, 0.15) is 17.6 Å². The topological polar surface area (TPSA) is 58.6 Å². The van der Waals surface area contributed by atoms with Gasteiger partial charge in [-0.3, -0.25) is 9.59 Å². The molecule has 0 aliphatic carbocycles. The van der Waals surface area contributed by atoms with Crippen LogP contribution in [0.4, 0.5) is 4.39 Å². The van der Waals surface area contributed by atoms with Crippen LogP contribution in [0.2, 0.25) is 0 Å². The second-order valence-electron chi connectivity index (χ2n) is 7.31. The second-order valence-corrected chi connectivity index (χ2v) is 7.31. The third kappa shape index (κ3) is 7.22. The monoisotopic (exact) mass is 400 g/mol. The van der Waals surface area contributed by atoms with Crippen molar-refractivity contribution in [1.29, 1.82) is 0 Å². The predicted octanol–water partition coefficient (Wildman–Crippen LogP) is 3.78. The van der Waals surface area contributed by atoms with Crippen molar-refractivity contribution in [3.8, 4) is 5.75 Å². The van der Waals surface area contributed by atoms with Crippen molar-refractivity contribution in [1.82, 2.24) is 10.2 Å². The summed E-state index contributed by atoms with van der Waals surface area (Å²) in [6, 6.07) is 14.4. The minimum absolute atomic E-state index is 0.174. The van der Waals surface area contributed by atoms with Crippen molar-refractivity contribution in [3.63, 3.8) is 0 Å². The molecule has 1 N–H and O–H groups in total. The van der Waals surface area contributed by atoms with Crippen LogP contribution in [0.15, 0.2) is 54.6 Å². The first-order chi connectivity index (χ1) is 13.9. The van der Waals surface area contributed by atoms with Crippen molar-refractivity contribution in [3.05, 3.63) is 66.0 Å². The zero-order valence-electron chi connectivity index (χ0n) is 17.2. The maximum atomic E-state index is 13.1. The average molecular weight is 400 g/mol. The van der Waals surface area contributed by atoms with Crippen LogP contribution in [-0.4, -0.2) is 35.9 Å². The number of hydrogen-bond donors (Lipinski definition) is 1.